The first-order valence-corrected chi connectivity index (χ1v) is 6.05. The summed E-state index contributed by atoms with van der Waals surface area (Å²) < 4.78 is 5.54. The van der Waals surface area contributed by atoms with Gasteiger partial charge >= 0.3 is 5.97 Å². The number of rotatable bonds is 6. The first-order valence-electron chi connectivity index (χ1n) is 4.93. The van der Waals surface area contributed by atoms with Crippen LogP contribution in [-0.2, 0) is 4.79 Å². The maximum atomic E-state index is 10.4. The van der Waals surface area contributed by atoms with E-state index in [4.69, 9.17) is 9.84 Å². The molecule has 0 bridgehead atoms. The molecule has 1 N–H and O–H groups in total. The highest BCUT2D eigenvalue weighted by atomic mass is 79.9. The van der Waals surface area contributed by atoms with E-state index in [9.17, 15) is 4.79 Å². The summed E-state index contributed by atoms with van der Waals surface area (Å²) in [4.78, 5) is 10.4. The second kappa shape index (κ2) is 7.06. The zero-order chi connectivity index (χ0) is 11.8. The monoisotopic (exact) mass is 284 g/mol. The number of ether oxygens (including phenoxy) is 1. The van der Waals surface area contributed by atoms with Crippen LogP contribution in [0.4, 0.5) is 0 Å². The molecule has 1 aromatic rings. The summed E-state index contributed by atoms with van der Waals surface area (Å²) in [6.45, 7) is 0.614. The first-order chi connectivity index (χ1) is 7.74. The number of carbonyl (C=O) groups is 1. The number of carboxylic acids is 1. The third-order valence-electron chi connectivity index (χ3n) is 1.86. The van der Waals surface area contributed by atoms with Crippen molar-refractivity contribution >= 4 is 28.0 Å². The van der Waals surface area contributed by atoms with Gasteiger partial charge in [-0.05, 0) is 18.6 Å². The average Bonchev–Trinajstić information content (AvgIpc) is 2.28. The third kappa shape index (κ3) is 4.49. The molecule has 0 aliphatic heterocycles. The fourth-order valence-corrected chi connectivity index (χ4v) is 1.38. The highest BCUT2D eigenvalue weighted by Crippen LogP contribution is 2.19. The Hall–Kier alpha value is -1.29. The van der Waals surface area contributed by atoms with E-state index in [2.05, 4.69) is 15.9 Å². The molecule has 0 aliphatic carbocycles. The van der Waals surface area contributed by atoms with Gasteiger partial charge in [-0.2, -0.15) is 0 Å². The molecule has 1 aromatic carbocycles. The number of para-hydroxylation sites is 1. The quantitative estimate of drug-likeness (QED) is 0.496. The molecular formula is C12H13BrO3. The van der Waals surface area contributed by atoms with Gasteiger partial charge in [-0.15, -0.1) is 0 Å². The lowest BCUT2D eigenvalue weighted by atomic mass is 10.2. The van der Waals surface area contributed by atoms with Crippen LogP contribution in [0.15, 0.2) is 30.3 Å². The molecule has 0 heterocycles. The molecule has 0 aliphatic rings. The van der Waals surface area contributed by atoms with Gasteiger partial charge in [0, 0.05) is 17.0 Å². The van der Waals surface area contributed by atoms with E-state index in [1.807, 2.05) is 24.3 Å². The molecule has 0 saturated heterocycles. The van der Waals surface area contributed by atoms with Crippen LogP contribution in [0.25, 0.3) is 6.08 Å². The molecule has 0 atom stereocenters. The van der Waals surface area contributed by atoms with Gasteiger partial charge in [0.25, 0.3) is 0 Å². The summed E-state index contributed by atoms with van der Waals surface area (Å²) in [6, 6.07) is 7.36. The van der Waals surface area contributed by atoms with Gasteiger partial charge in [-0.3, -0.25) is 0 Å². The van der Waals surface area contributed by atoms with Gasteiger partial charge in [0.2, 0.25) is 0 Å². The zero-order valence-corrected chi connectivity index (χ0v) is 10.3. The van der Waals surface area contributed by atoms with E-state index in [0.29, 0.717) is 12.4 Å². The van der Waals surface area contributed by atoms with Gasteiger partial charge in [-0.1, -0.05) is 34.1 Å². The lowest BCUT2D eigenvalue weighted by molar-refractivity contribution is -0.131. The lowest BCUT2D eigenvalue weighted by Crippen LogP contribution is -1.99. The van der Waals surface area contributed by atoms with E-state index in [1.165, 1.54) is 6.08 Å². The summed E-state index contributed by atoms with van der Waals surface area (Å²) in [5.41, 5.74) is 0.777. The smallest absolute Gasteiger partial charge is 0.328 e. The van der Waals surface area contributed by atoms with Gasteiger partial charge in [0.05, 0.1) is 6.61 Å². The molecule has 86 valence electrons. The minimum Gasteiger partial charge on any atom is -0.493 e. The third-order valence-corrected chi connectivity index (χ3v) is 2.42. The molecule has 0 radical (unpaired) electrons. The highest BCUT2D eigenvalue weighted by Gasteiger charge is 1.99. The molecular weight excluding hydrogens is 272 g/mol. The number of hydrogen-bond donors (Lipinski definition) is 1. The molecule has 0 fully saturated rings. The van der Waals surface area contributed by atoms with E-state index >= 15 is 0 Å². The van der Waals surface area contributed by atoms with E-state index < -0.39 is 5.97 Å². The lowest BCUT2D eigenvalue weighted by Gasteiger charge is -2.07. The topological polar surface area (TPSA) is 46.5 Å². The zero-order valence-electron chi connectivity index (χ0n) is 8.73. The molecule has 16 heavy (non-hydrogen) atoms. The number of aliphatic carboxylic acids is 1. The van der Waals surface area contributed by atoms with Crippen LogP contribution in [0.1, 0.15) is 12.0 Å². The highest BCUT2D eigenvalue weighted by molar-refractivity contribution is 9.09. The van der Waals surface area contributed by atoms with Crippen LogP contribution in [-0.4, -0.2) is 23.0 Å². The van der Waals surface area contributed by atoms with Gasteiger partial charge in [0.15, 0.2) is 0 Å². The Morgan fingerprint density at radius 2 is 2.19 bits per heavy atom. The SMILES string of the molecule is O=C(O)C=Cc1ccccc1OCCCBr. The van der Waals surface area contributed by atoms with Gasteiger partial charge < -0.3 is 9.84 Å². The van der Waals surface area contributed by atoms with Crippen molar-refractivity contribution in [3.63, 3.8) is 0 Å². The van der Waals surface area contributed by atoms with Crippen LogP contribution in [0.2, 0.25) is 0 Å². The van der Waals surface area contributed by atoms with Gasteiger partial charge in [0.1, 0.15) is 5.75 Å². The Morgan fingerprint density at radius 3 is 2.88 bits per heavy atom. The largest absolute Gasteiger partial charge is 0.493 e. The summed E-state index contributed by atoms with van der Waals surface area (Å²) in [5, 5.41) is 9.44. The van der Waals surface area contributed by atoms with Crippen molar-refractivity contribution in [2.45, 2.75) is 6.42 Å². The van der Waals surface area contributed by atoms with E-state index in [-0.39, 0.29) is 0 Å². The van der Waals surface area contributed by atoms with Crippen LogP contribution in [0, 0.1) is 0 Å². The van der Waals surface area contributed by atoms with Crippen molar-refractivity contribution < 1.29 is 14.6 Å². The second-order valence-electron chi connectivity index (χ2n) is 3.10. The first kappa shape index (κ1) is 12.8. The number of alkyl halides is 1. The molecule has 0 amide bonds. The van der Waals surface area contributed by atoms with Crippen molar-refractivity contribution in [1.82, 2.24) is 0 Å². The normalized spacial score (nSPS) is 10.6. The predicted octanol–water partition coefficient (Wildman–Crippen LogP) is 2.95. The average molecular weight is 285 g/mol. The number of halogens is 1. The number of carboxylic acid groups (broad SMARTS) is 1. The van der Waals surface area contributed by atoms with Crippen molar-refractivity contribution in [1.29, 1.82) is 0 Å². The molecule has 4 heteroatoms. The van der Waals surface area contributed by atoms with Gasteiger partial charge in [-0.25, -0.2) is 4.79 Å². The van der Waals surface area contributed by atoms with Crippen molar-refractivity contribution in [3.8, 4) is 5.75 Å². The van der Waals surface area contributed by atoms with Crippen molar-refractivity contribution in [2.24, 2.45) is 0 Å². The van der Waals surface area contributed by atoms with E-state index in [0.717, 1.165) is 23.4 Å². The summed E-state index contributed by atoms with van der Waals surface area (Å²) in [7, 11) is 0. The summed E-state index contributed by atoms with van der Waals surface area (Å²) in [5.74, 6) is -0.254. The van der Waals surface area contributed by atoms with Crippen LogP contribution >= 0.6 is 15.9 Å². The van der Waals surface area contributed by atoms with Crippen molar-refractivity contribution in [3.05, 3.63) is 35.9 Å². The van der Waals surface area contributed by atoms with Crippen LogP contribution < -0.4 is 4.74 Å². The molecule has 0 unspecified atom stereocenters. The molecule has 0 saturated carbocycles. The molecule has 3 nitrogen and oxygen atoms in total. The minimum atomic E-state index is -0.963. The Kier molecular flexibility index (Phi) is 5.64. The maximum absolute atomic E-state index is 10.4. The minimum absolute atomic E-state index is 0.614. The van der Waals surface area contributed by atoms with Crippen LogP contribution in [0.5, 0.6) is 5.75 Å². The standard InChI is InChI=1S/C12H13BrO3/c13-8-3-9-16-11-5-2-1-4-10(11)6-7-12(14)15/h1-2,4-7H,3,8-9H2,(H,14,15). The number of benzene rings is 1. The maximum Gasteiger partial charge on any atom is 0.328 e. The fourth-order valence-electron chi connectivity index (χ4n) is 1.15. The molecule has 1 rings (SSSR count). The second-order valence-corrected chi connectivity index (χ2v) is 3.89. The number of hydrogen-bond acceptors (Lipinski definition) is 2. The molecule has 0 aromatic heterocycles. The molecule has 0 spiro atoms. The Balaban J connectivity index is 2.71. The summed E-state index contributed by atoms with van der Waals surface area (Å²) >= 11 is 3.32. The Bertz CT molecular complexity index is 374. The van der Waals surface area contributed by atoms with Crippen LogP contribution in [0.3, 0.4) is 0 Å². The van der Waals surface area contributed by atoms with E-state index in [1.54, 1.807) is 0 Å². The Labute approximate surface area is 103 Å². The fraction of sp³-hybridized carbons (Fsp3) is 0.250. The Morgan fingerprint density at radius 1 is 1.44 bits per heavy atom. The summed E-state index contributed by atoms with van der Waals surface area (Å²) in [6.07, 6.45) is 3.55. The predicted molar refractivity (Wildman–Crippen MR) is 67.0 cm³/mol. The van der Waals surface area contributed by atoms with Crippen molar-refractivity contribution in [2.75, 3.05) is 11.9 Å².